The van der Waals surface area contributed by atoms with E-state index in [0.29, 0.717) is 30.9 Å². The highest BCUT2D eigenvalue weighted by Gasteiger charge is 2.32. The third kappa shape index (κ3) is 5.11. The summed E-state index contributed by atoms with van der Waals surface area (Å²) >= 11 is 0. The molecule has 12 heteroatoms. The number of nitrogens with zero attached hydrogens (tertiary/aromatic N) is 5. The van der Waals surface area contributed by atoms with E-state index in [0.717, 1.165) is 29.5 Å². The van der Waals surface area contributed by atoms with Crippen LogP contribution >= 0.6 is 0 Å². The van der Waals surface area contributed by atoms with Gasteiger partial charge in [-0.25, -0.2) is 15.0 Å². The van der Waals surface area contributed by atoms with E-state index in [-0.39, 0.29) is 29.2 Å². The Morgan fingerprint density at radius 2 is 1.85 bits per heavy atom. The molecule has 4 aromatic rings. The van der Waals surface area contributed by atoms with Crippen LogP contribution in [0, 0.1) is 11.8 Å². The van der Waals surface area contributed by atoms with Crippen molar-refractivity contribution < 1.29 is 22.8 Å². The summed E-state index contributed by atoms with van der Waals surface area (Å²) in [6.45, 7) is 2.66. The average molecular weight is 534 g/mol. The first-order valence-corrected chi connectivity index (χ1v) is 11.9. The largest absolute Gasteiger partial charge is 0.416 e. The number of carbonyl (C=O) groups is 2. The molecule has 1 aliphatic rings. The number of nitrogens with one attached hydrogen (secondary N) is 1. The summed E-state index contributed by atoms with van der Waals surface area (Å²) in [6.07, 6.45) is -1.26. The lowest BCUT2D eigenvalue weighted by Gasteiger charge is -2.12. The summed E-state index contributed by atoms with van der Waals surface area (Å²) in [4.78, 5) is 39.5. The number of nitrogens with two attached hydrogens (primary N) is 1. The van der Waals surface area contributed by atoms with Crippen molar-refractivity contribution in [1.29, 1.82) is 0 Å². The van der Waals surface area contributed by atoms with E-state index in [1.807, 2.05) is 6.07 Å². The molecule has 3 N–H and O–H groups in total. The number of fused-ring (bicyclic) bond motifs is 1. The van der Waals surface area contributed by atoms with Crippen LogP contribution in [-0.4, -0.2) is 49.2 Å². The van der Waals surface area contributed by atoms with Crippen molar-refractivity contribution in [2.75, 3.05) is 24.1 Å². The first kappa shape index (κ1) is 25.7. The fourth-order valence-corrected chi connectivity index (χ4v) is 4.57. The maximum Gasteiger partial charge on any atom is 0.416 e. The van der Waals surface area contributed by atoms with Crippen molar-refractivity contribution in [2.45, 2.75) is 25.4 Å². The van der Waals surface area contributed by atoms with Crippen molar-refractivity contribution in [3.05, 3.63) is 71.7 Å². The number of hydrogen-bond acceptors (Lipinski definition) is 6. The van der Waals surface area contributed by atoms with E-state index in [1.165, 1.54) is 12.1 Å². The molecule has 1 unspecified atom stereocenters. The normalized spacial score (nSPS) is 15.2. The molecule has 1 atom stereocenters. The highest BCUT2D eigenvalue weighted by atomic mass is 19.4. The van der Waals surface area contributed by atoms with Gasteiger partial charge in [-0.1, -0.05) is 18.1 Å². The van der Waals surface area contributed by atoms with Crippen molar-refractivity contribution in [3.63, 3.8) is 0 Å². The molecule has 0 spiro atoms. The van der Waals surface area contributed by atoms with Crippen LogP contribution in [0.4, 0.5) is 24.9 Å². The van der Waals surface area contributed by atoms with Gasteiger partial charge in [0.05, 0.1) is 16.8 Å². The predicted octanol–water partition coefficient (Wildman–Crippen LogP) is 3.98. The zero-order chi connectivity index (χ0) is 27.7. The molecule has 9 nitrogen and oxygen atoms in total. The van der Waals surface area contributed by atoms with Gasteiger partial charge in [-0.3, -0.25) is 14.0 Å². The Kier molecular flexibility index (Phi) is 6.66. The Morgan fingerprint density at radius 1 is 1.10 bits per heavy atom. The van der Waals surface area contributed by atoms with Gasteiger partial charge >= 0.3 is 6.18 Å². The molecule has 1 saturated heterocycles. The second-order valence-electron chi connectivity index (χ2n) is 8.92. The van der Waals surface area contributed by atoms with E-state index < -0.39 is 17.6 Å². The third-order valence-electron chi connectivity index (χ3n) is 6.44. The molecule has 1 fully saturated rings. The van der Waals surface area contributed by atoms with Crippen molar-refractivity contribution in [2.24, 2.45) is 0 Å². The number of pyridine rings is 1. The Balaban J connectivity index is 1.41. The van der Waals surface area contributed by atoms with Crippen LogP contribution in [0.2, 0.25) is 0 Å². The number of aromatic nitrogens is 4. The van der Waals surface area contributed by atoms with E-state index in [4.69, 9.17) is 10.7 Å². The van der Waals surface area contributed by atoms with Gasteiger partial charge in [0, 0.05) is 42.5 Å². The van der Waals surface area contributed by atoms with Gasteiger partial charge in [0.25, 0.3) is 11.8 Å². The number of alkyl halides is 3. The number of anilines is 2. The van der Waals surface area contributed by atoms with Crippen LogP contribution in [0.15, 0.2) is 54.9 Å². The molecule has 0 saturated carbocycles. The summed E-state index contributed by atoms with van der Waals surface area (Å²) in [5.41, 5.74) is 7.69. The molecule has 0 aliphatic carbocycles. The quantitative estimate of drug-likeness (QED) is 0.383. The summed E-state index contributed by atoms with van der Waals surface area (Å²) in [5.74, 6) is 4.86. The molecule has 3 aromatic heterocycles. The molecule has 0 bridgehead atoms. The van der Waals surface area contributed by atoms with Crippen LogP contribution in [-0.2, 0) is 11.0 Å². The number of benzene rings is 1. The maximum absolute atomic E-state index is 13.0. The van der Waals surface area contributed by atoms with Gasteiger partial charge in [0.15, 0.2) is 0 Å². The second-order valence-corrected chi connectivity index (χ2v) is 8.92. The number of nitrogen functional groups attached to an aromatic ring is 1. The Morgan fingerprint density at radius 3 is 2.56 bits per heavy atom. The van der Waals surface area contributed by atoms with E-state index >= 15 is 0 Å². The van der Waals surface area contributed by atoms with Crippen molar-refractivity contribution >= 4 is 29.1 Å². The Bertz CT molecular complexity index is 1640. The molecule has 198 valence electrons. The second kappa shape index (κ2) is 10.1. The van der Waals surface area contributed by atoms with E-state index in [1.54, 1.807) is 34.6 Å². The molecule has 1 aliphatic heterocycles. The number of amides is 2. The Labute approximate surface area is 220 Å². The standard InChI is InChI=1S/C27H22F3N7O2/c1-2-3-22(38)36-13-10-18(15-36)23-20-9-12-33-26(31)37(20)24(35-23)16-4-6-17(7-5-16)25(39)34-21-14-19(8-11-32-21)27(28,29)30/h4-9,11-12,14,18H,10,13,15H2,1H3,(H2,31,33)(H,32,34,39). The van der Waals surface area contributed by atoms with E-state index in [2.05, 4.69) is 27.1 Å². The van der Waals surface area contributed by atoms with Gasteiger partial charge in [-0.05, 0) is 49.6 Å². The molecular weight excluding hydrogens is 511 g/mol. The average Bonchev–Trinajstić information content (AvgIpc) is 3.55. The number of hydrogen-bond donors (Lipinski definition) is 2. The van der Waals surface area contributed by atoms with E-state index in [9.17, 15) is 22.8 Å². The van der Waals surface area contributed by atoms with Crippen molar-refractivity contribution in [3.8, 4) is 23.2 Å². The van der Waals surface area contributed by atoms with Crippen LogP contribution in [0.25, 0.3) is 16.9 Å². The lowest BCUT2D eigenvalue weighted by Crippen LogP contribution is -2.26. The molecule has 4 heterocycles. The molecule has 2 amide bonds. The zero-order valence-corrected chi connectivity index (χ0v) is 20.7. The first-order chi connectivity index (χ1) is 18.7. The fraction of sp³-hybridized carbons (Fsp3) is 0.222. The summed E-state index contributed by atoms with van der Waals surface area (Å²) < 4.78 is 40.6. The highest BCUT2D eigenvalue weighted by Crippen LogP contribution is 2.34. The topological polar surface area (TPSA) is 119 Å². The van der Waals surface area contributed by atoms with Crippen molar-refractivity contribution in [1.82, 2.24) is 24.3 Å². The summed E-state index contributed by atoms with van der Waals surface area (Å²) in [5, 5.41) is 2.39. The molecule has 1 aromatic carbocycles. The first-order valence-electron chi connectivity index (χ1n) is 11.9. The summed E-state index contributed by atoms with van der Waals surface area (Å²) in [7, 11) is 0. The smallest absolute Gasteiger partial charge is 0.369 e. The van der Waals surface area contributed by atoms with Crippen LogP contribution < -0.4 is 11.1 Å². The van der Waals surface area contributed by atoms with Gasteiger partial charge in [-0.2, -0.15) is 13.2 Å². The van der Waals surface area contributed by atoms with Gasteiger partial charge in [-0.15, -0.1) is 0 Å². The van der Waals surface area contributed by atoms with Crippen LogP contribution in [0.5, 0.6) is 0 Å². The van der Waals surface area contributed by atoms with Crippen LogP contribution in [0.1, 0.15) is 40.9 Å². The maximum atomic E-state index is 13.0. The number of imidazole rings is 1. The lowest BCUT2D eigenvalue weighted by molar-refractivity contribution is -0.137. The molecule has 0 radical (unpaired) electrons. The third-order valence-corrected chi connectivity index (χ3v) is 6.44. The minimum atomic E-state index is -4.55. The number of halogens is 3. The minimum Gasteiger partial charge on any atom is -0.369 e. The number of carbonyl (C=O) groups excluding carboxylic acids is 2. The zero-order valence-electron chi connectivity index (χ0n) is 20.7. The highest BCUT2D eigenvalue weighted by molar-refractivity contribution is 6.04. The minimum absolute atomic E-state index is 0.0248. The van der Waals surface area contributed by atoms with Gasteiger partial charge in [0.1, 0.15) is 11.6 Å². The molecular formula is C27H22F3N7O2. The molecule has 5 rings (SSSR count). The predicted molar refractivity (Wildman–Crippen MR) is 137 cm³/mol. The monoisotopic (exact) mass is 533 g/mol. The fourth-order valence-electron chi connectivity index (χ4n) is 4.57. The number of rotatable bonds is 4. The number of likely N-dealkylation sites (tertiary alicyclic amines) is 1. The SMILES string of the molecule is CC#CC(=O)N1CCC(c2nc(-c3ccc(C(=O)Nc4cc(C(F)(F)F)ccn4)cc3)n3c(N)nccc23)C1. The van der Waals surface area contributed by atoms with Gasteiger partial charge in [0.2, 0.25) is 5.95 Å². The Hall–Kier alpha value is -4.92. The molecule has 39 heavy (non-hydrogen) atoms. The van der Waals surface area contributed by atoms with Crippen LogP contribution in [0.3, 0.4) is 0 Å². The van der Waals surface area contributed by atoms with Gasteiger partial charge < -0.3 is 16.0 Å². The summed E-state index contributed by atoms with van der Waals surface area (Å²) in [6, 6.07) is 9.81. The lowest BCUT2D eigenvalue weighted by atomic mass is 10.0.